The van der Waals surface area contributed by atoms with Gasteiger partial charge < -0.3 is 0 Å². The summed E-state index contributed by atoms with van der Waals surface area (Å²) in [5, 5.41) is 7.69. The minimum Gasteiger partial charge on any atom is -0.271 e. The van der Waals surface area contributed by atoms with Crippen LogP contribution in [0.5, 0.6) is 0 Å². The molecule has 1 unspecified atom stereocenters. The maximum atomic E-state index is 13.2. The Balaban J connectivity index is 1.74. The van der Waals surface area contributed by atoms with Crippen LogP contribution >= 0.6 is 35.6 Å². The standard InChI is InChI=1S/C20H21ClFN3S2/c1-3-13(2)14-5-8-17(9-6-14)25-19(23-24-20(25)26)12-27-11-15-4-7-16(22)10-18(15)21/h4-10,13H,3,11-12H2,1-2H3,(H,24,26). The van der Waals surface area contributed by atoms with E-state index in [4.69, 9.17) is 23.8 Å². The van der Waals surface area contributed by atoms with Crippen molar-refractivity contribution in [2.24, 2.45) is 0 Å². The maximum Gasteiger partial charge on any atom is 0.199 e. The van der Waals surface area contributed by atoms with Gasteiger partial charge in [0.15, 0.2) is 4.77 Å². The van der Waals surface area contributed by atoms with E-state index in [0.717, 1.165) is 23.5 Å². The molecule has 3 nitrogen and oxygen atoms in total. The summed E-state index contributed by atoms with van der Waals surface area (Å²) in [5.41, 5.74) is 3.22. The number of hydrogen-bond acceptors (Lipinski definition) is 3. The van der Waals surface area contributed by atoms with Crippen molar-refractivity contribution in [3.8, 4) is 5.69 Å². The molecule has 27 heavy (non-hydrogen) atoms. The highest BCUT2D eigenvalue weighted by Crippen LogP contribution is 2.25. The van der Waals surface area contributed by atoms with Crippen LogP contribution in [-0.4, -0.2) is 14.8 Å². The van der Waals surface area contributed by atoms with Crippen LogP contribution in [0.25, 0.3) is 5.69 Å². The summed E-state index contributed by atoms with van der Waals surface area (Å²) >= 11 is 13.2. The van der Waals surface area contributed by atoms with E-state index >= 15 is 0 Å². The van der Waals surface area contributed by atoms with Gasteiger partial charge in [0.1, 0.15) is 11.6 Å². The minimum atomic E-state index is -0.324. The number of hydrogen-bond donors (Lipinski definition) is 1. The van der Waals surface area contributed by atoms with Crippen LogP contribution in [0, 0.1) is 10.6 Å². The van der Waals surface area contributed by atoms with Crippen molar-refractivity contribution in [2.75, 3.05) is 0 Å². The predicted octanol–water partition coefficient (Wildman–Crippen LogP) is 6.67. The number of benzene rings is 2. The topological polar surface area (TPSA) is 33.6 Å². The fraction of sp³-hybridized carbons (Fsp3) is 0.300. The van der Waals surface area contributed by atoms with Crippen LogP contribution in [0.2, 0.25) is 5.02 Å². The van der Waals surface area contributed by atoms with Gasteiger partial charge >= 0.3 is 0 Å². The van der Waals surface area contributed by atoms with E-state index in [0.29, 0.717) is 27.2 Å². The first-order valence-corrected chi connectivity index (χ1v) is 10.7. The lowest BCUT2D eigenvalue weighted by molar-refractivity contribution is 0.627. The van der Waals surface area contributed by atoms with Crippen molar-refractivity contribution in [3.05, 3.63) is 75.0 Å². The van der Waals surface area contributed by atoms with Gasteiger partial charge in [0, 0.05) is 16.5 Å². The van der Waals surface area contributed by atoms with Gasteiger partial charge in [-0.05, 0) is 59.9 Å². The zero-order chi connectivity index (χ0) is 19.4. The second-order valence-electron chi connectivity index (χ2n) is 6.41. The number of rotatable bonds is 7. The highest BCUT2D eigenvalue weighted by molar-refractivity contribution is 7.97. The Kier molecular flexibility index (Phi) is 6.73. The molecule has 1 atom stereocenters. The SMILES string of the molecule is CCC(C)c1ccc(-n2c(CSCc3ccc(F)cc3Cl)n[nH]c2=S)cc1. The number of thioether (sulfide) groups is 1. The average molecular weight is 422 g/mol. The molecule has 0 fully saturated rings. The Morgan fingerprint density at radius 2 is 1.96 bits per heavy atom. The first-order valence-electron chi connectivity index (χ1n) is 8.78. The third-order valence-corrected chi connectivity index (χ3v) is 6.18. The second kappa shape index (κ2) is 9.04. The molecule has 0 aliphatic rings. The van der Waals surface area contributed by atoms with Gasteiger partial charge in [-0.2, -0.15) is 5.10 Å². The Bertz CT molecular complexity index is 966. The average Bonchev–Trinajstić information content (AvgIpc) is 3.03. The van der Waals surface area contributed by atoms with E-state index in [1.807, 2.05) is 4.57 Å². The number of H-pyrrole nitrogens is 1. The molecule has 1 N–H and O–H groups in total. The van der Waals surface area contributed by atoms with E-state index in [9.17, 15) is 4.39 Å². The number of aromatic amines is 1. The summed E-state index contributed by atoms with van der Waals surface area (Å²) in [5.74, 6) is 2.39. The highest BCUT2D eigenvalue weighted by Gasteiger charge is 2.11. The van der Waals surface area contributed by atoms with Crippen LogP contribution in [0.1, 0.15) is 43.1 Å². The molecule has 0 saturated carbocycles. The molecule has 2 aromatic carbocycles. The normalized spacial score (nSPS) is 12.3. The first-order chi connectivity index (χ1) is 13.0. The third kappa shape index (κ3) is 4.81. The molecular formula is C20H21ClFN3S2. The molecule has 0 amide bonds. The van der Waals surface area contributed by atoms with Gasteiger partial charge in [-0.1, -0.05) is 43.6 Å². The molecule has 0 aliphatic heterocycles. The van der Waals surface area contributed by atoms with Gasteiger partial charge in [-0.15, -0.1) is 11.8 Å². The summed E-state index contributed by atoms with van der Waals surface area (Å²) in [4.78, 5) is 0. The van der Waals surface area contributed by atoms with Gasteiger partial charge in [0.25, 0.3) is 0 Å². The monoisotopic (exact) mass is 421 g/mol. The van der Waals surface area contributed by atoms with E-state index in [1.54, 1.807) is 17.8 Å². The fourth-order valence-corrected chi connectivity index (χ4v) is 4.29. The van der Waals surface area contributed by atoms with Crippen molar-refractivity contribution in [3.63, 3.8) is 0 Å². The van der Waals surface area contributed by atoms with E-state index in [1.165, 1.54) is 17.7 Å². The summed E-state index contributed by atoms with van der Waals surface area (Å²) in [6, 6.07) is 12.9. The number of nitrogens with one attached hydrogen (secondary N) is 1. The van der Waals surface area contributed by atoms with E-state index in [2.05, 4.69) is 48.3 Å². The van der Waals surface area contributed by atoms with Crippen LogP contribution in [-0.2, 0) is 11.5 Å². The Hall–Kier alpha value is -1.63. The van der Waals surface area contributed by atoms with Crippen molar-refractivity contribution in [1.29, 1.82) is 0 Å². The largest absolute Gasteiger partial charge is 0.271 e. The predicted molar refractivity (Wildman–Crippen MR) is 114 cm³/mol. The Labute approximate surface area is 173 Å². The lowest BCUT2D eigenvalue weighted by Gasteiger charge is -2.11. The van der Waals surface area contributed by atoms with Crippen molar-refractivity contribution >= 4 is 35.6 Å². The highest BCUT2D eigenvalue weighted by atomic mass is 35.5. The van der Waals surface area contributed by atoms with Gasteiger partial charge in [0.2, 0.25) is 0 Å². The van der Waals surface area contributed by atoms with Crippen LogP contribution < -0.4 is 0 Å². The minimum absolute atomic E-state index is 0.324. The molecule has 0 spiro atoms. The zero-order valence-electron chi connectivity index (χ0n) is 15.2. The molecule has 3 aromatic rings. The molecule has 3 rings (SSSR count). The summed E-state index contributed by atoms with van der Waals surface area (Å²) in [6.45, 7) is 4.41. The maximum absolute atomic E-state index is 13.2. The lowest BCUT2D eigenvalue weighted by atomic mass is 9.99. The van der Waals surface area contributed by atoms with Gasteiger partial charge in [-0.3, -0.25) is 9.67 Å². The van der Waals surface area contributed by atoms with Crippen LogP contribution in [0.15, 0.2) is 42.5 Å². The molecular weight excluding hydrogens is 401 g/mol. The van der Waals surface area contributed by atoms with Crippen molar-refractivity contribution in [2.45, 2.75) is 37.7 Å². The lowest BCUT2D eigenvalue weighted by Crippen LogP contribution is -2.01. The summed E-state index contributed by atoms with van der Waals surface area (Å²) in [6.07, 6.45) is 1.11. The van der Waals surface area contributed by atoms with E-state index < -0.39 is 0 Å². The number of nitrogens with zero attached hydrogens (tertiary/aromatic N) is 2. The molecule has 142 valence electrons. The third-order valence-electron chi connectivity index (χ3n) is 4.58. The first kappa shape index (κ1) is 20.1. The van der Waals surface area contributed by atoms with Gasteiger partial charge in [0.05, 0.1) is 5.75 Å². The van der Waals surface area contributed by atoms with Crippen molar-refractivity contribution in [1.82, 2.24) is 14.8 Å². The molecule has 7 heteroatoms. The zero-order valence-corrected chi connectivity index (χ0v) is 17.6. The molecule has 0 radical (unpaired) electrons. The van der Waals surface area contributed by atoms with Crippen LogP contribution in [0.4, 0.5) is 4.39 Å². The molecule has 0 bridgehead atoms. The van der Waals surface area contributed by atoms with Gasteiger partial charge in [-0.25, -0.2) is 4.39 Å². The molecule has 0 aliphatic carbocycles. The Morgan fingerprint density at radius 1 is 1.22 bits per heavy atom. The summed E-state index contributed by atoms with van der Waals surface area (Å²) in [7, 11) is 0. The van der Waals surface area contributed by atoms with Crippen LogP contribution in [0.3, 0.4) is 0 Å². The quantitative estimate of drug-likeness (QED) is 0.432. The smallest absolute Gasteiger partial charge is 0.199 e. The fourth-order valence-electron chi connectivity index (χ4n) is 2.77. The van der Waals surface area contributed by atoms with Crippen molar-refractivity contribution < 1.29 is 4.39 Å². The molecule has 1 heterocycles. The number of aromatic nitrogens is 3. The van der Waals surface area contributed by atoms with E-state index in [-0.39, 0.29) is 5.82 Å². The second-order valence-corrected chi connectivity index (χ2v) is 8.19. The Morgan fingerprint density at radius 3 is 2.63 bits per heavy atom. The molecule has 0 saturated heterocycles. The molecule has 1 aromatic heterocycles. The number of halogens is 2. The summed E-state index contributed by atoms with van der Waals surface area (Å²) < 4.78 is 15.7.